The Hall–Kier alpha value is -10.2. The van der Waals surface area contributed by atoms with E-state index in [1.807, 2.05) is 85.8 Å². The van der Waals surface area contributed by atoms with Gasteiger partial charge in [0.05, 0.1) is 50.8 Å². The van der Waals surface area contributed by atoms with Crippen LogP contribution in [0.15, 0.2) is 223 Å². The highest BCUT2D eigenvalue weighted by Gasteiger charge is 2.21. The van der Waals surface area contributed by atoms with Crippen molar-refractivity contribution in [3.8, 4) is 50.8 Å². The van der Waals surface area contributed by atoms with E-state index in [9.17, 15) is 5.26 Å². The number of nitrogen functional groups attached to an aromatic ring is 3. The third kappa shape index (κ3) is 8.76. The first-order chi connectivity index (χ1) is 37.4. The van der Waals surface area contributed by atoms with E-state index in [1.54, 1.807) is 0 Å². The van der Waals surface area contributed by atoms with Crippen molar-refractivity contribution in [1.29, 1.82) is 5.26 Å². The lowest BCUT2D eigenvalue weighted by Crippen LogP contribution is -2.08. The number of amidine groups is 1. The zero-order valence-electron chi connectivity index (χ0n) is 43.3. The molecule has 0 bridgehead atoms. The molecule has 8 heteroatoms. The maximum absolute atomic E-state index is 10.1. The Morgan fingerprint density at radius 3 is 1.52 bits per heavy atom. The first kappa shape index (κ1) is 47.8. The SMILES string of the molecule is C=C(/N=C(\N=C(/C)c1ccc(-c2cccc(C)c2)c(-n2c3ccc(C)cc3c3cc(N)ccc32)c1)c1ccc(-c2cccc(N)c2)c(-n2c3ccc(C)cc3c3cc(N)ccc32)c1)c1cccc(-c2ccccc2C#N)c1. The number of nitrogens with two attached hydrogens (primary N) is 3. The van der Waals surface area contributed by atoms with Crippen LogP contribution in [-0.4, -0.2) is 20.7 Å². The molecule has 77 heavy (non-hydrogen) atoms. The molecule has 0 aliphatic heterocycles. The van der Waals surface area contributed by atoms with E-state index in [0.717, 1.165) is 116 Å². The van der Waals surface area contributed by atoms with Gasteiger partial charge in [0.2, 0.25) is 0 Å². The van der Waals surface area contributed by atoms with Crippen LogP contribution in [0.3, 0.4) is 0 Å². The third-order valence-corrected chi connectivity index (χ3v) is 14.6. The Balaban J connectivity index is 1.10. The topological polar surface area (TPSA) is 136 Å². The molecule has 0 spiro atoms. The van der Waals surface area contributed by atoms with E-state index in [0.29, 0.717) is 34.2 Å². The molecule has 2 heterocycles. The van der Waals surface area contributed by atoms with Gasteiger partial charge >= 0.3 is 0 Å². The first-order valence-corrected chi connectivity index (χ1v) is 25.6. The smallest absolute Gasteiger partial charge is 0.160 e. The summed E-state index contributed by atoms with van der Waals surface area (Å²) in [6.45, 7) is 13.0. The summed E-state index contributed by atoms with van der Waals surface area (Å²) >= 11 is 0. The molecule has 6 N–H and O–H groups in total. The normalized spacial score (nSPS) is 12.0. The Kier molecular flexibility index (Phi) is 11.9. The van der Waals surface area contributed by atoms with Crippen LogP contribution in [0.5, 0.6) is 0 Å². The number of nitrogens with zero attached hydrogens (tertiary/aromatic N) is 5. The second kappa shape index (κ2) is 19.2. The summed E-state index contributed by atoms with van der Waals surface area (Å²) < 4.78 is 4.66. The summed E-state index contributed by atoms with van der Waals surface area (Å²) in [5, 5.41) is 14.4. The molecular formula is C69H54N8. The van der Waals surface area contributed by atoms with Gasteiger partial charge in [0.15, 0.2) is 5.84 Å². The van der Waals surface area contributed by atoms with Crippen LogP contribution in [-0.2, 0) is 0 Å². The van der Waals surface area contributed by atoms with Crippen LogP contribution in [0, 0.1) is 32.1 Å². The molecule has 0 aliphatic carbocycles. The molecule has 0 atom stereocenters. The molecule has 0 amide bonds. The second-order valence-electron chi connectivity index (χ2n) is 20.0. The second-order valence-corrected chi connectivity index (χ2v) is 20.0. The van der Waals surface area contributed by atoms with Crippen LogP contribution in [0.1, 0.15) is 45.9 Å². The van der Waals surface area contributed by atoms with Crippen molar-refractivity contribution in [2.45, 2.75) is 27.7 Å². The van der Waals surface area contributed by atoms with Gasteiger partial charge in [0, 0.05) is 66.6 Å². The molecular weight excluding hydrogens is 941 g/mol. The fourth-order valence-corrected chi connectivity index (χ4v) is 10.9. The largest absolute Gasteiger partial charge is 0.399 e. The molecule has 370 valence electrons. The summed E-state index contributed by atoms with van der Waals surface area (Å²) in [4.78, 5) is 11.0. The highest BCUT2D eigenvalue weighted by Crippen LogP contribution is 2.41. The Labute approximate surface area is 447 Å². The van der Waals surface area contributed by atoms with Crippen molar-refractivity contribution >= 4 is 77.9 Å². The first-order valence-electron chi connectivity index (χ1n) is 25.6. The van der Waals surface area contributed by atoms with Gasteiger partial charge < -0.3 is 26.3 Å². The molecule has 8 nitrogen and oxygen atoms in total. The minimum absolute atomic E-state index is 0.462. The number of aliphatic imine (C=N–C) groups is 2. The van der Waals surface area contributed by atoms with Crippen molar-refractivity contribution in [2.24, 2.45) is 9.98 Å². The minimum Gasteiger partial charge on any atom is -0.399 e. The molecule has 0 saturated carbocycles. The zero-order chi connectivity index (χ0) is 53.1. The van der Waals surface area contributed by atoms with Crippen LogP contribution in [0.4, 0.5) is 17.1 Å². The number of benzene rings is 10. The molecule has 12 rings (SSSR count). The highest BCUT2D eigenvalue weighted by molar-refractivity contribution is 6.16. The zero-order valence-corrected chi connectivity index (χ0v) is 43.3. The lowest BCUT2D eigenvalue weighted by atomic mass is 9.98. The summed E-state index contributed by atoms with van der Waals surface area (Å²) in [6, 6.07) is 73.1. The molecule has 0 aliphatic rings. The van der Waals surface area contributed by atoms with Gasteiger partial charge in [-0.1, -0.05) is 132 Å². The van der Waals surface area contributed by atoms with Crippen molar-refractivity contribution in [2.75, 3.05) is 17.2 Å². The molecule has 0 radical (unpaired) electrons. The van der Waals surface area contributed by atoms with Gasteiger partial charge in [0.1, 0.15) is 0 Å². The van der Waals surface area contributed by atoms with Gasteiger partial charge in [-0.15, -0.1) is 0 Å². The monoisotopic (exact) mass is 994 g/mol. The van der Waals surface area contributed by atoms with Gasteiger partial charge in [-0.05, 0) is 153 Å². The van der Waals surface area contributed by atoms with Gasteiger partial charge in [-0.25, -0.2) is 9.98 Å². The average molecular weight is 995 g/mol. The van der Waals surface area contributed by atoms with Crippen molar-refractivity contribution in [3.63, 3.8) is 0 Å². The van der Waals surface area contributed by atoms with E-state index in [2.05, 4.69) is 170 Å². The number of anilines is 3. The van der Waals surface area contributed by atoms with Crippen LogP contribution >= 0.6 is 0 Å². The number of nitriles is 1. The number of hydrogen-bond acceptors (Lipinski definition) is 5. The van der Waals surface area contributed by atoms with Crippen molar-refractivity contribution in [1.82, 2.24) is 9.13 Å². The number of rotatable bonds is 9. The predicted octanol–water partition coefficient (Wildman–Crippen LogP) is 16.4. The van der Waals surface area contributed by atoms with E-state index in [1.165, 1.54) is 11.1 Å². The number of hydrogen-bond donors (Lipinski definition) is 3. The Bertz CT molecular complexity index is 4400. The molecule has 12 aromatic rings. The van der Waals surface area contributed by atoms with Gasteiger partial charge in [-0.2, -0.15) is 5.26 Å². The van der Waals surface area contributed by atoms with E-state index < -0.39 is 0 Å². The summed E-state index contributed by atoms with van der Waals surface area (Å²) in [5.74, 6) is 0.462. The standard InChI is InChI=1S/C69H54N8/c1-41-11-8-14-48(31-41)57-25-21-47(36-67(57)76-63-27-19-42(2)32-59(63)61-38-54(72)23-29-65(61)76)45(5)75-69(74-44(4)46-13-9-15-49(34-46)56-18-7-6-12-52(56)40-70)51-22-26-58(50-16-10-17-53(71)35-50)68(37-51)77-64-28-20-43(3)33-60(64)62-39-55(73)24-30-66(62)77/h6-39H,4,71-73H2,1-3,5H3/b74-69-,75-45+. The van der Waals surface area contributed by atoms with E-state index in [4.69, 9.17) is 27.2 Å². The summed E-state index contributed by atoms with van der Waals surface area (Å²) in [5.41, 5.74) is 41.3. The van der Waals surface area contributed by atoms with Gasteiger partial charge in [0.25, 0.3) is 0 Å². The van der Waals surface area contributed by atoms with E-state index in [-0.39, 0.29) is 0 Å². The number of aryl methyl sites for hydroxylation is 3. The summed E-state index contributed by atoms with van der Waals surface area (Å²) in [7, 11) is 0. The third-order valence-electron chi connectivity index (χ3n) is 14.6. The number of aromatic nitrogens is 2. The number of fused-ring (bicyclic) bond motifs is 6. The van der Waals surface area contributed by atoms with Crippen LogP contribution in [0.25, 0.3) is 94.1 Å². The van der Waals surface area contributed by atoms with Gasteiger partial charge in [-0.3, -0.25) is 0 Å². The lowest BCUT2D eigenvalue weighted by Gasteiger charge is -2.18. The van der Waals surface area contributed by atoms with Crippen molar-refractivity contribution in [3.05, 3.63) is 252 Å². The van der Waals surface area contributed by atoms with E-state index >= 15 is 0 Å². The summed E-state index contributed by atoms with van der Waals surface area (Å²) in [6.07, 6.45) is 0. The molecule has 0 unspecified atom stereocenters. The Morgan fingerprint density at radius 2 is 0.922 bits per heavy atom. The lowest BCUT2D eigenvalue weighted by molar-refractivity contribution is 1.18. The maximum atomic E-state index is 10.1. The molecule has 0 fully saturated rings. The molecule has 0 saturated heterocycles. The predicted molar refractivity (Wildman–Crippen MR) is 324 cm³/mol. The molecule has 2 aromatic heterocycles. The van der Waals surface area contributed by atoms with Crippen molar-refractivity contribution < 1.29 is 0 Å². The average Bonchev–Trinajstić information content (AvgIpc) is 4.14. The van der Waals surface area contributed by atoms with Crippen LogP contribution < -0.4 is 17.2 Å². The minimum atomic E-state index is 0.462. The Morgan fingerprint density at radius 1 is 0.429 bits per heavy atom. The fraction of sp³-hybridized carbons (Fsp3) is 0.0580. The molecule has 10 aromatic carbocycles. The fourth-order valence-electron chi connectivity index (χ4n) is 10.9. The maximum Gasteiger partial charge on any atom is 0.160 e. The van der Waals surface area contributed by atoms with Crippen LogP contribution in [0.2, 0.25) is 0 Å². The quantitative estimate of drug-likeness (QED) is 0.0753. The highest BCUT2D eigenvalue weighted by atomic mass is 15.0.